The van der Waals surface area contributed by atoms with E-state index >= 15 is 0 Å². The molecule has 0 saturated carbocycles. The van der Waals surface area contributed by atoms with Gasteiger partial charge in [-0.25, -0.2) is 4.79 Å². The fourth-order valence-corrected chi connectivity index (χ4v) is 2.74. The van der Waals surface area contributed by atoms with Gasteiger partial charge in [-0.15, -0.1) is 0 Å². The number of para-hydroxylation sites is 2. The maximum absolute atomic E-state index is 12.9. The molecule has 7 heteroatoms. The number of carboxylic acid groups (broad SMARTS) is 1. The van der Waals surface area contributed by atoms with Crippen LogP contribution in [-0.2, 0) is 4.79 Å². The summed E-state index contributed by atoms with van der Waals surface area (Å²) in [5.74, 6) is 0.00283. The SMILES string of the molecule is O=C(O)[C@@H]1CN(C(=O)c2ccc3c(c2)OCO3)c2ccccc2O1. The Kier molecular flexibility index (Phi) is 3.26. The molecule has 24 heavy (non-hydrogen) atoms. The van der Waals surface area contributed by atoms with Crippen LogP contribution >= 0.6 is 0 Å². The van der Waals surface area contributed by atoms with Crippen LogP contribution in [0.3, 0.4) is 0 Å². The molecule has 0 unspecified atom stereocenters. The minimum atomic E-state index is -1.12. The average Bonchev–Trinajstić information content (AvgIpc) is 3.07. The minimum Gasteiger partial charge on any atom is -0.478 e. The first-order valence-corrected chi connectivity index (χ1v) is 7.33. The van der Waals surface area contributed by atoms with Gasteiger partial charge in [-0.2, -0.15) is 0 Å². The molecule has 122 valence electrons. The van der Waals surface area contributed by atoms with E-state index in [1.54, 1.807) is 42.5 Å². The van der Waals surface area contributed by atoms with Crippen LogP contribution in [0, 0.1) is 0 Å². The second-order valence-corrected chi connectivity index (χ2v) is 5.40. The van der Waals surface area contributed by atoms with Crippen molar-refractivity contribution in [2.75, 3.05) is 18.2 Å². The number of anilines is 1. The molecule has 1 amide bonds. The Morgan fingerprint density at radius 2 is 1.83 bits per heavy atom. The summed E-state index contributed by atoms with van der Waals surface area (Å²) in [5.41, 5.74) is 0.928. The van der Waals surface area contributed by atoms with E-state index in [1.807, 2.05) is 0 Å². The number of carboxylic acids is 1. The van der Waals surface area contributed by atoms with Crippen LogP contribution < -0.4 is 19.1 Å². The standard InChI is InChI=1S/C17H13NO6/c19-16(10-5-6-13-14(7-10)23-9-22-13)18-8-15(17(20)21)24-12-4-2-1-3-11(12)18/h1-7,15H,8-9H2,(H,20,21)/t15-/m0/s1. The van der Waals surface area contributed by atoms with E-state index in [9.17, 15) is 14.7 Å². The third-order valence-electron chi connectivity index (χ3n) is 3.91. The van der Waals surface area contributed by atoms with Crippen LogP contribution in [0.5, 0.6) is 17.2 Å². The van der Waals surface area contributed by atoms with Crippen LogP contribution in [0.2, 0.25) is 0 Å². The van der Waals surface area contributed by atoms with E-state index in [-0.39, 0.29) is 19.2 Å². The second-order valence-electron chi connectivity index (χ2n) is 5.40. The molecular formula is C17H13NO6. The van der Waals surface area contributed by atoms with Gasteiger partial charge in [-0.3, -0.25) is 4.79 Å². The summed E-state index contributed by atoms with van der Waals surface area (Å²) in [7, 11) is 0. The van der Waals surface area contributed by atoms with E-state index in [0.29, 0.717) is 28.5 Å². The van der Waals surface area contributed by atoms with Crippen LogP contribution in [0.25, 0.3) is 0 Å². The van der Waals surface area contributed by atoms with Gasteiger partial charge in [0, 0.05) is 5.56 Å². The van der Waals surface area contributed by atoms with Gasteiger partial charge in [0.2, 0.25) is 12.9 Å². The number of fused-ring (bicyclic) bond motifs is 2. The van der Waals surface area contributed by atoms with Crippen LogP contribution in [0.4, 0.5) is 5.69 Å². The third kappa shape index (κ3) is 2.30. The van der Waals surface area contributed by atoms with Crippen LogP contribution in [-0.4, -0.2) is 36.4 Å². The van der Waals surface area contributed by atoms with Gasteiger partial charge in [0.05, 0.1) is 12.2 Å². The Morgan fingerprint density at radius 3 is 2.67 bits per heavy atom. The highest BCUT2D eigenvalue weighted by atomic mass is 16.7. The largest absolute Gasteiger partial charge is 0.478 e. The maximum Gasteiger partial charge on any atom is 0.346 e. The zero-order chi connectivity index (χ0) is 16.7. The molecule has 4 rings (SSSR count). The number of hydrogen-bond donors (Lipinski definition) is 1. The molecule has 0 spiro atoms. The van der Waals surface area contributed by atoms with Crippen molar-refractivity contribution in [3.8, 4) is 17.2 Å². The van der Waals surface area contributed by atoms with Gasteiger partial charge >= 0.3 is 5.97 Å². The highest BCUT2D eigenvalue weighted by molar-refractivity contribution is 6.08. The van der Waals surface area contributed by atoms with Gasteiger partial charge in [0.15, 0.2) is 11.5 Å². The van der Waals surface area contributed by atoms with Gasteiger partial charge in [-0.1, -0.05) is 12.1 Å². The summed E-state index contributed by atoms with van der Waals surface area (Å²) in [5, 5.41) is 9.26. The summed E-state index contributed by atoms with van der Waals surface area (Å²) < 4.78 is 16.0. The van der Waals surface area contributed by atoms with Gasteiger partial charge in [-0.05, 0) is 30.3 Å². The smallest absolute Gasteiger partial charge is 0.346 e. The zero-order valence-electron chi connectivity index (χ0n) is 12.5. The Labute approximate surface area is 137 Å². The third-order valence-corrected chi connectivity index (χ3v) is 3.91. The summed E-state index contributed by atoms with van der Waals surface area (Å²) in [6.07, 6.45) is -1.11. The first-order chi connectivity index (χ1) is 11.6. The normalized spacial score (nSPS) is 17.8. The Bertz CT molecular complexity index is 834. The summed E-state index contributed by atoms with van der Waals surface area (Å²) >= 11 is 0. The second kappa shape index (κ2) is 5.45. The quantitative estimate of drug-likeness (QED) is 0.907. The minimum absolute atomic E-state index is 0.0698. The van der Waals surface area contributed by atoms with E-state index in [4.69, 9.17) is 14.2 Å². The predicted molar refractivity (Wildman–Crippen MR) is 82.7 cm³/mol. The monoisotopic (exact) mass is 327 g/mol. The van der Waals surface area contributed by atoms with Crippen molar-refractivity contribution < 1.29 is 28.9 Å². The maximum atomic E-state index is 12.9. The number of rotatable bonds is 2. The molecule has 0 radical (unpaired) electrons. The molecule has 0 aliphatic carbocycles. The van der Waals surface area contributed by atoms with E-state index in [0.717, 1.165) is 0 Å². The molecule has 2 heterocycles. The molecule has 1 N–H and O–H groups in total. The Morgan fingerprint density at radius 1 is 1.04 bits per heavy atom. The number of carbonyl (C=O) groups is 2. The lowest BCUT2D eigenvalue weighted by molar-refractivity contribution is -0.144. The van der Waals surface area contributed by atoms with Gasteiger partial charge in [0.1, 0.15) is 5.75 Å². The fourth-order valence-electron chi connectivity index (χ4n) is 2.74. The molecule has 2 aromatic carbocycles. The molecule has 1 atom stereocenters. The average molecular weight is 327 g/mol. The topological polar surface area (TPSA) is 85.3 Å². The molecule has 0 bridgehead atoms. The number of aliphatic carboxylic acids is 1. The van der Waals surface area contributed by atoms with E-state index in [1.165, 1.54) is 4.90 Å². The van der Waals surface area contributed by atoms with Crippen molar-refractivity contribution in [2.24, 2.45) is 0 Å². The number of carbonyl (C=O) groups excluding carboxylic acids is 1. The zero-order valence-corrected chi connectivity index (χ0v) is 12.5. The Hall–Kier alpha value is -3.22. The highest BCUT2D eigenvalue weighted by Crippen LogP contribution is 2.36. The van der Waals surface area contributed by atoms with Crippen molar-refractivity contribution in [2.45, 2.75) is 6.10 Å². The molecule has 0 fully saturated rings. The summed E-state index contributed by atoms with van der Waals surface area (Å²) in [6, 6.07) is 11.7. The lowest BCUT2D eigenvalue weighted by atomic mass is 10.1. The van der Waals surface area contributed by atoms with Crippen molar-refractivity contribution in [1.82, 2.24) is 0 Å². The number of ether oxygens (including phenoxy) is 3. The first-order valence-electron chi connectivity index (χ1n) is 7.33. The number of hydrogen-bond acceptors (Lipinski definition) is 5. The summed E-state index contributed by atoms with van der Waals surface area (Å²) in [6.45, 7) is 0.0497. The van der Waals surface area contributed by atoms with Crippen molar-refractivity contribution in [1.29, 1.82) is 0 Å². The van der Waals surface area contributed by atoms with Crippen molar-refractivity contribution >= 4 is 17.6 Å². The molecule has 2 aliphatic rings. The summed E-state index contributed by atoms with van der Waals surface area (Å²) in [4.78, 5) is 25.6. The lowest BCUT2D eigenvalue weighted by Gasteiger charge is -2.33. The van der Waals surface area contributed by atoms with Crippen molar-refractivity contribution in [3.05, 3.63) is 48.0 Å². The number of nitrogens with zero attached hydrogens (tertiary/aromatic N) is 1. The molecule has 7 nitrogen and oxygen atoms in total. The lowest BCUT2D eigenvalue weighted by Crippen LogP contribution is -2.47. The van der Waals surface area contributed by atoms with Crippen LogP contribution in [0.15, 0.2) is 42.5 Å². The molecular weight excluding hydrogens is 314 g/mol. The number of amides is 1. The Balaban J connectivity index is 1.71. The van der Waals surface area contributed by atoms with E-state index in [2.05, 4.69) is 0 Å². The van der Waals surface area contributed by atoms with Gasteiger partial charge < -0.3 is 24.2 Å². The fraction of sp³-hybridized carbons (Fsp3) is 0.176. The van der Waals surface area contributed by atoms with Crippen molar-refractivity contribution in [3.63, 3.8) is 0 Å². The first kappa shape index (κ1) is 14.4. The number of benzene rings is 2. The highest BCUT2D eigenvalue weighted by Gasteiger charge is 2.34. The van der Waals surface area contributed by atoms with Crippen LogP contribution in [0.1, 0.15) is 10.4 Å². The molecule has 0 saturated heterocycles. The molecule has 2 aromatic rings. The predicted octanol–water partition coefficient (Wildman–Crippen LogP) is 1.91. The molecule has 2 aliphatic heterocycles. The molecule has 0 aromatic heterocycles. The van der Waals surface area contributed by atoms with E-state index < -0.39 is 12.1 Å². The van der Waals surface area contributed by atoms with Gasteiger partial charge in [0.25, 0.3) is 5.91 Å².